The van der Waals surface area contributed by atoms with Crippen molar-refractivity contribution in [3.63, 3.8) is 0 Å². The van der Waals surface area contributed by atoms with Gasteiger partial charge in [0.05, 0.1) is 91.2 Å². The van der Waals surface area contributed by atoms with Gasteiger partial charge in [0.2, 0.25) is 0 Å². The van der Waals surface area contributed by atoms with Crippen LogP contribution in [-0.2, 0) is 43.2 Å². The Morgan fingerprint density at radius 2 is 0.877 bits per heavy atom. The van der Waals surface area contributed by atoms with E-state index in [0.717, 1.165) is 31.4 Å². The Balaban J connectivity index is 0.000000109. The summed E-state index contributed by atoms with van der Waals surface area (Å²) in [6, 6.07) is -1.03. The van der Waals surface area contributed by atoms with Crippen LogP contribution in [0.1, 0.15) is 51.4 Å². The molecule has 0 amide bonds. The number of nitrogens with zero attached hydrogens (tertiary/aromatic N) is 4. The number of piperidine rings is 4. The van der Waals surface area contributed by atoms with E-state index in [1.54, 1.807) is 0 Å². The zero-order chi connectivity index (χ0) is 46.5. The van der Waals surface area contributed by atoms with Gasteiger partial charge in [-0.2, -0.15) is 0 Å². The van der Waals surface area contributed by atoms with Crippen molar-refractivity contribution in [1.82, 2.24) is 19.6 Å². The molecule has 0 aliphatic carbocycles. The van der Waals surface area contributed by atoms with Crippen molar-refractivity contribution >= 4 is 43.2 Å². The highest BCUT2D eigenvalue weighted by Crippen LogP contribution is 2.43. The molecule has 65 heavy (non-hydrogen) atoms. The molecule has 12 N–H and O–H groups in total. The van der Waals surface area contributed by atoms with Crippen LogP contribution in [-0.4, -0.2) is 284 Å². The number of hydrogen-bond acceptors (Lipinski definition) is 20. The van der Waals surface area contributed by atoms with Gasteiger partial charge in [-0.15, -0.1) is 0 Å². The highest BCUT2D eigenvalue weighted by atomic mass is 32.2. The number of fused-ring (bicyclic) bond motifs is 6. The molecule has 0 bridgehead atoms. The maximum Gasteiger partial charge on any atom is 0.115 e. The monoisotopic (exact) mass is 1000 g/mol. The molecule has 20 nitrogen and oxygen atoms in total. The van der Waals surface area contributed by atoms with Gasteiger partial charge in [0, 0.05) is 121 Å². The summed E-state index contributed by atoms with van der Waals surface area (Å²) in [4.78, 5) is 7.90. The maximum atomic E-state index is 11.9. The van der Waals surface area contributed by atoms with Crippen molar-refractivity contribution in [2.75, 3.05) is 53.4 Å². The molecule has 12 heterocycles. The fraction of sp³-hybridized carbons (Fsp3) is 1.00. The van der Waals surface area contributed by atoms with Crippen LogP contribution in [0.2, 0.25) is 0 Å². The van der Waals surface area contributed by atoms with E-state index in [0.29, 0.717) is 79.2 Å². The van der Waals surface area contributed by atoms with E-state index in [-0.39, 0.29) is 54.3 Å². The molecule has 24 heteroatoms. The van der Waals surface area contributed by atoms with Crippen molar-refractivity contribution < 1.29 is 78.1 Å². The van der Waals surface area contributed by atoms with Gasteiger partial charge < -0.3 is 61.3 Å². The highest BCUT2D eigenvalue weighted by Gasteiger charge is 2.60. The van der Waals surface area contributed by atoms with E-state index in [1.807, 2.05) is 19.6 Å². The lowest BCUT2D eigenvalue weighted by Crippen LogP contribution is -2.60. The van der Waals surface area contributed by atoms with Gasteiger partial charge in [-0.25, -0.2) is 0 Å². The minimum atomic E-state index is -1.12. The minimum Gasteiger partial charge on any atom is -0.391 e. The number of aliphatic hydroxyl groups is 12. The normalized spacial score (nSPS) is 56.8. The van der Waals surface area contributed by atoms with Crippen LogP contribution in [0, 0.1) is 11.8 Å². The van der Waals surface area contributed by atoms with E-state index in [9.17, 15) is 78.1 Å². The SMILES string of the molecule is O=S1CC2CC[C@@H](O)[C@@H]3[C@H](O)[C@H](O)C(C1)N23.O=S1CC2C[C@@H](O)[C@@H]3[C@H](O)[C@H](O)CN3C2C1.O=S1CCC2CC[C@@H](O)[C@@H]3[C@H](O)[C@H](O)C1N23.O=S1CCC2C[C@@H](O)[C@@H]3[C@H](O)[C@H](O)CN3C2C1. The van der Waals surface area contributed by atoms with Crippen LogP contribution in [0.5, 0.6) is 0 Å². The summed E-state index contributed by atoms with van der Waals surface area (Å²) < 4.78 is 46.7. The van der Waals surface area contributed by atoms with Crippen molar-refractivity contribution in [3.05, 3.63) is 0 Å². The summed E-state index contributed by atoms with van der Waals surface area (Å²) in [7, 11) is -3.61. The van der Waals surface area contributed by atoms with Gasteiger partial charge in [0.15, 0.2) is 0 Å². The first-order valence-electron chi connectivity index (χ1n) is 23.5. The lowest BCUT2D eigenvalue weighted by molar-refractivity contribution is -0.0633. The lowest BCUT2D eigenvalue weighted by atomic mass is 9.82. The van der Waals surface area contributed by atoms with E-state index in [2.05, 4.69) is 0 Å². The number of aliphatic hydroxyl groups excluding tert-OH is 12. The molecular weight excluding hydrogens is 933 g/mol. The third-order valence-corrected chi connectivity index (χ3v) is 23.1. The Morgan fingerprint density at radius 1 is 0.369 bits per heavy atom. The average molecular weight is 1000 g/mol. The molecule has 0 spiro atoms. The molecule has 12 rings (SSSR count). The zero-order valence-electron chi connectivity index (χ0n) is 36.3. The number of hydrogen-bond donors (Lipinski definition) is 12. The van der Waals surface area contributed by atoms with Crippen molar-refractivity contribution in [2.24, 2.45) is 11.8 Å². The molecule has 0 aromatic rings. The number of rotatable bonds is 0. The Morgan fingerprint density at radius 3 is 1.51 bits per heavy atom. The molecule has 0 saturated carbocycles. The Labute approximate surface area is 388 Å². The lowest BCUT2D eigenvalue weighted by Gasteiger charge is -2.47. The molecule has 12 aliphatic heterocycles. The standard InChI is InChI=1S/C11H19NO4S.3C10H17NO4S/c13-8-3-6-1-2-17(16)5-7(6)12-4-9(14)11(15)10(8)12;12-7-1-5-3-16(15)4-6(5)11-2-8(13)10(14)9(7)11;12-7-2-1-5-3-16(15)4-6-9(13)10(14)8(7)11(5)6;12-6-2-1-5-3-4-16(15)10-9(14)8(13)7(6)11(5)10/h6-11,13-15H,1-5H2;3*5-10,12-14H,1-4H2/t6?,7?,8-,9-,10-,11-,17?;5?,6?,7-,8-,9-,10-,16?;5?,6?,7-,8-,9-,10+,16?;5?,6-,7-,8+,9+,10?,16?/m1111/s1. The van der Waals surface area contributed by atoms with Crippen molar-refractivity contribution in [1.29, 1.82) is 0 Å². The van der Waals surface area contributed by atoms with E-state index >= 15 is 0 Å². The second-order valence-electron chi connectivity index (χ2n) is 20.7. The van der Waals surface area contributed by atoms with Gasteiger partial charge in [-0.05, 0) is 63.2 Å². The summed E-state index contributed by atoms with van der Waals surface area (Å²) in [6.45, 7) is 0.780. The zero-order valence-corrected chi connectivity index (χ0v) is 39.6. The van der Waals surface area contributed by atoms with Crippen LogP contribution in [0.3, 0.4) is 0 Å². The molecule has 0 aromatic heterocycles. The smallest absolute Gasteiger partial charge is 0.115 e. The predicted molar refractivity (Wildman–Crippen MR) is 238 cm³/mol. The molecule has 0 aromatic carbocycles. The Bertz CT molecular complexity index is 1820. The molecule has 28 atom stereocenters. The largest absolute Gasteiger partial charge is 0.391 e. The quantitative estimate of drug-likeness (QED) is 0.107. The first kappa shape index (κ1) is 49.9. The molecule has 12 aliphatic rings. The third kappa shape index (κ3) is 9.13. The summed E-state index contributed by atoms with van der Waals surface area (Å²) in [5, 5.41) is 118. The average Bonchev–Trinajstić information content (AvgIpc) is 4.02. The summed E-state index contributed by atoms with van der Waals surface area (Å²) in [5.41, 5.74) is 0. The first-order chi connectivity index (χ1) is 30.9. The van der Waals surface area contributed by atoms with Gasteiger partial charge in [0.1, 0.15) is 17.6 Å². The van der Waals surface area contributed by atoms with Crippen LogP contribution in [0.15, 0.2) is 0 Å². The fourth-order valence-electron chi connectivity index (χ4n) is 14.0. The predicted octanol–water partition coefficient (Wildman–Crippen LogP) is -7.36. The Kier molecular flexibility index (Phi) is 15.3. The van der Waals surface area contributed by atoms with Crippen LogP contribution < -0.4 is 0 Å². The molecule has 12 fully saturated rings. The van der Waals surface area contributed by atoms with Gasteiger partial charge in [-0.1, -0.05) is 0 Å². The molecule has 374 valence electrons. The van der Waals surface area contributed by atoms with E-state index < -0.39 is 128 Å². The fourth-order valence-corrected chi connectivity index (χ4v) is 20.8. The minimum absolute atomic E-state index is 0.153. The summed E-state index contributed by atoms with van der Waals surface area (Å²) in [5.74, 6) is 4.84. The molecular formula is C41H70N4O16S4. The summed E-state index contributed by atoms with van der Waals surface area (Å²) >= 11 is 0. The Hall–Kier alpha value is -0.0400. The molecule has 0 radical (unpaired) electrons. The molecule has 12 saturated heterocycles. The first-order valence-corrected chi connectivity index (χ1v) is 29.4. The van der Waals surface area contributed by atoms with Gasteiger partial charge in [0.25, 0.3) is 0 Å². The van der Waals surface area contributed by atoms with Crippen LogP contribution >= 0.6 is 0 Å². The maximum absolute atomic E-state index is 11.9. The highest BCUT2D eigenvalue weighted by molar-refractivity contribution is 7.86. The van der Waals surface area contributed by atoms with E-state index in [4.69, 9.17) is 0 Å². The van der Waals surface area contributed by atoms with Gasteiger partial charge in [-0.3, -0.25) is 36.4 Å². The summed E-state index contributed by atoms with van der Waals surface area (Å²) in [6.07, 6.45) is -3.48. The topological polar surface area (TPSA) is 324 Å². The van der Waals surface area contributed by atoms with Crippen molar-refractivity contribution in [3.8, 4) is 0 Å². The third-order valence-electron chi connectivity index (χ3n) is 17.0. The molecule has 12 unspecified atom stereocenters. The van der Waals surface area contributed by atoms with Gasteiger partial charge >= 0.3 is 0 Å². The second kappa shape index (κ2) is 19.9. The van der Waals surface area contributed by atoms with Crippen LogP contribution in [0.4, 0.5) is 0 Å². The van der Waals surface area contributed by atoms with Crippen LogP contribution in [0.25, 0.3) is 0 Å². The van der Waals surface area contributed by atoms with E-state index in [1.165, 1.54) is 0 Å². The second-order valence-corrected chi connectivity index (χ2v) is 27.0. The van der Waals surface area contributed by atoms with Crippen molar-refractivity contribution in [2.45, 2.75) is 184 Å².